The van der Waals surface area contributed by atoms with Gasteiger partial charge in [-0.2, -0.15) is 0 Å². The fourth-order valence-electron chi connectivity index (χ4n) is 8.35. The van der Waals surface area contributed by atoms with Crippen molar-refractivity contribution in [2.75, 3.05) is 19.6 Å². The summed E-state index contributed by atoms with van der Waals surface area (Å²) in [7, 11) is 0. The molecule has 1 aliphatic heterocycles. The third-order valence-electron chi connectivity index (χ3n) is 9.03. The topological polar surface area (TPSA) is 3.24 Å². The second kappa shape index (κ2) is 8.31. The molecular weight excluding hydrogens is 362 g/mol. The van der Waals surface area contributed by atoms with E-state index in [9.17, 15) is 0 Å². The lowest BCUT2D eigenvalue weighted by molar-refractivity contribution is -0.119. The first kappa shape index (κ1) is 20.7. The number of likely N-dealkylation sites (tertiary alicyclic amines) is 1. The second-order valence-corrected chi connectivity index (χ2v) is 10.7. The van der Waals surface area contributed by atoms with Crippen molar-refractivity contribution in [1.82, 2.24) is 4.90 Å². The van der Waals surface area contributed by atoms with E-state index in [2.05, 4.69) is 42.2 Å². The third kappa shape index (κ3) is 3.45. The van der Waals surface area contributed by atoms with E-state index in [1.165, 1.54) is 71.0 Å². The van der Waals surface area contributed by atoms with Crippen molar-refractivity contribution in [2.45, 2.75) is 83.0 Å². The largest absolute Gasteiger partial charge is 0.302 e. The van der Waals surface area contributed by atoms with Crippen molar-refractivity contribution < 1.29 is 0 Å². The molecule has 0 N–H and O–H groups in total. The maximum atomic E-state index is 2.87. The molecule has 6 rings (SSSR count). The molecule has 2 heteroatoms. The zero-order valence-corrected chi connectivity index (χ0v) is 18.7. The predicted octanol–water partition coefficient (Wildman–Crippen LogP) is 6.85. The van der Waals surface area contributed by atoms with Gasteiger partial charge < -0.3 is 4.90 Å². The first-order valence-corrected chi connectivity index (χ1v) is 12.0. The van der Waals surface area contributed by atoms with Crippen molar-refractivity contribution in [3.8, 4) is 0 Å². The second-order valence-electron chi connectivity index (χ2n) is 10.7. The molecule has 4 bridgehead atoms. The molecule has 1 saturated heterocycles. The van der Waals surface area contributed by atoms with E-state index >= 15 is 0 Å². The van der Waals surface area contributed by atoms with Crippen LogP contribution in [0.1, 0.15) is 83.1 Å². The van der Waals surface area contributed by atoms with Crippen LogP contribution in [0.5, 0.6) is 0 Å². The number of nitrogens with zero attached hydrogens (tertiary/aromatic N) is 1. The van der Waals surface area contributed by atoms with Gasteiger partial charge in [-0.1, -0.05) is 50.1 Å². The fourth-order valence-corrected chi connectivity index (χ4v) is 8.35. The van der Waals surface area contributed by atoms with Crippen LogP contribution < -0.4 is 0 Å². The highest BCUT2D eigenvalue weighted by Gasteiger charge is 2.61. The van der Waals surface area contributed by atoms with E-state index in [0.717, 1.165) is 17.8 Å². The van der Waals surface area contributed by atoms with Crippen LogP contribution in [-0.4, -0.2) is 24.5 Å². The van der Waals surface area contributed by atoms with Gasteiger partial charge in [-0.25, -0.2) is 0 Å². The Labute approximate surface area is 179 Å². The van der Waals surface area contributed by atoms with E-state index in [1.54, 1.807) is 24.8 Å². The molecule has 1 heterocycles. The van der Waals surface area contributed by atoms with E-state index in [-0.39, 0.29) is 12.4 Å². The van der Waals surface area contributed by atoms with E-state index in [4.69, 9.17) is 0 Å². The molecule has 4 saturated carbocycles. The molecule has 5 aliphatic rings. The highest BCUT2D eigenvalue weighted by Crippen LogP contribution is 2.67. The maximum absolute atomic E-state index is 2.87. The Morgan fingerprint density at radius 3 is 2.18 bits per heavy atom. The average molecular weight is 402 g/mol. The van der Waals surface area contributed by atoms with Crippen molar-refractivity contribution in [1.29, 1.82) is 0 Å². The molecule has 5 fully saturated rings. The van der Waals surface area contributed by atoms with Gasteiger partial charge in [0.05, 0.1) is 0 Å². The molecule has 0 amide bonds. The zero-order chi connectivity index (χ0) is 18.3. The highest BCUT2D eigenvalue weighted by atomic mass is 35.5. The molecule has 1 atom stereocenters. The molecule has 1 aromatic rings. The predicted molar refractivity (Wildman–Crippen MR) is 121 cm³/mol. The first-order chi connectivity index (χ1) is 13.2. The lowest BCUT2D eigenvalue weighted by Gasteiger charge is -2.66. The number of hydrogen-bond acceptors (Lipinski definition) is 1. The Morgan fingerprint density at radius 1 is 0.929 bits per heavy atom. The minimum atomic E-state index is 0. The van der Waals surface area contributed by atoms with Crippen LogP contribution in [0.2, 0.25) is 0 Å². The highest BCUT2D eigenvalue weighted by molar-refractivity contribution is 5.85. The molecule has 28 heavy (non-hydrogen) atoms. The summed E-state index contributed by atoms with van der Waals surface area (Å²) in [5.74, 6) is 3.15. The van der Waals surface area contributed by atoms with Gasteiger partial charge >= 0.3 is 0 Å². The molecule has 1 nitrogen and oxygen atoms in total. The van der Waals surface area contributed by atoms with E-state index in [1.807, 2.05) is 0 Å². The maximum Gasteiger partial charge on any atom is 0.0137 e. The molecule has 1 aromatic carbocycles. The number of unbranched alkanes of at least 4 members (excludes halogenated alkanes) is 2. The number of hydrogen-bond donors (Lipinski definition) is 0. The summed E-state index contributed by atoms with van der Waals surface area (Å²) >= 11 is 0. The monoisotopic (exact) mass is 401 g/mol. The van der Waals surface area contributed by atoms with Gasteiger partial charge in [0.2, 0.25) is 0 Å². The van der Waals surface area contributed by atoms with Gasteiger partial charge in [0.1, 0.15) is 0 Å². The normalized spacial score (nSPS) is 39.7. The summed E-state index contributed by atoms with van der Waals surface area (Å²) in [6.45, 7) is 6.34. The smallest absolute Gasteiger partial charge is 0.0137 e. The summed E-state index contributed by atoms with van der Waals surface area (Å²) in [5.41, 5.74) is 2.72. The summed E-state index contributed by atoms with van der Waals surface area (Å²) in [4.78, 5) is 2.87. The Balaban J connectivity index is 0.00000192. The van der Waals surface area contributed by atoms with Crippen LogP contribution >= 0.6 is 12.4 Å². The van der Waals surface area contributed by atoms with Crippen LogP contribution in [0.25, 0.3) is 0 Å². The summed E-state index contributed by atoms with van der Waals surface area (Å²) in [5, 5.41) is 0. The number of halogens is 1. The number of rotatable bonds is 6. The van der Waals surface area contributed by atoms with Gasteiger partial charge in [0.15, 0.2) is 0 Å². The average Bonchev–Trinajstić information content (AvgIpc) is 2.68. The Morgan fingerprint density at radius 2 is 1.57 bits per heavy atom. The third-order valence-corrected chi connectivity index (χ3v) is 9.03. The van der Waals surface area contributed by atoms with Crippen LogP contribution in [0, 0.1) is 23.2 Å². The van der Waals surface area contributed by atoms with Crippen molar-refractivity contribution in [2.24, 2.45) is 23.2 Å². The lowest BCUT2D eigenvalue weighted by Crippen LogP contribution is -2.62. The SMILES string of the molecule is CCCCCN1CCCC(c2ccccc2)(C23CC4CC(CC(C4)C2)C3)C1.Cl. The minimum Gasteiger partial charge on any atom is -0.302 e. The quantitative estimate of drug-likeness (QED) is 0.471. The summed E-state index contributed by atoms with van der Waals surface area (Å²) in [6.07, 6.45) is 16.3. The molecule has 0 spiro atoms. The van der Waals surface area contributed by atoms with Gasteiger partial charge in [0.25, 0.3) is 0 Å². The standard InChI is InChI=1S/C26H39N.ClH/c1-2-3-7-12-27-13-8-11-26(20-27,24-9-5-4-6-10-24)25-17-21-14-22(18-25)16-23(15-21)19-25;/h4-6,9-10,21-23H,2-3,7-8,11-20H2,1H3;1H. The van der Waals surface area contributed by atoms with Crippen molar-refractivity contribution in [3.63, 3.8) is 0 Å². The molecule has 0 aromatic heterocycles. The van der Waals surface area contributed by atoms with Crippen molar-refractivity contribution >= 4 is 12.4 Å². The molecule has 0 radical (unpaired) electrons. The van der Waals surface area contributed by atoms with Crippen molar-refractivity contribution in [3.05, 3.63) is 35.9 Å². The molecule has 156 valence electrons. The summed E-state index contributed by atoms with van der Waals surface area (Å²) in [6, 6.07) is 11.8. The zero-order valence-electron chi connectivity index (χ0n) is 17.9. The number of benzene rings is 1. The Hall–Kier alpha value is -0.530. The van der Waals surface area contributed by atoms with Gasteiger partial charge in [-0.3, -0.25) is 0 Å². The Kier molecular flexibility index (Phi) is 6.15. The first-order valence-electron chi connectivity index (χ1n) is 12.0. The van der Waals surface area contributed by atoms with E-state index < -0.39 is 0 Å². The Bertz CT molecular complexity index is 606. The number of piperidine rings is 1. The van der Waals surface area contributed by atoms with Crippen LogP contribution in [-0.2, 0) is 5.41 Å². The lowest BCUT2D eigenvalue weighted by atomic mass is 9.40. The molecule has 1 unspecified atom stereocenters. The summed E-state index contributed by atoms with van der Waals surface area (Å²) < 4.78 is 0. The van der Waals surface area contributed by atoms with Gasteiger partial charge in [-0.15, -0.1) is 12.4 Å². The molecular formula is C26H40ClN. The minimum absolute atomic E-state index is 0. The molecule has 4 aliphatic carbocycles. The fraction of sp³-hybridized carbons (Fsp3) is 0.769. The van der Waals surface area contributed by atoms with Crippen LogP contribution in [0.3, 0.4) is 0 Å². The van der Waals surface area contributed by atoms with Gasteiger partial charge in [0, 0.05) is 12.0 Å². The van der Waals surface area contributed by atoms with Crippen LogP contribution in [0.15, 0.2) is 30.3 Å². The van der Waals surface area contributed by atoms with Crippen LogP contribution in [0.4, 0.5) is 0 Å². The van der Waals surface area contributed by atoms with Gasteiger partial charge in [-0.05, 0) is 99.6 Å². The van der Waals surface area contributed by atoms with E-state index in [0.29, 0.717) is 10.8 Å².